The predicted octanol–water partition coefficient (Wildman–Crippen LogP) is 2.38. The molecule has 0 aromatic carbocycles. The minimum absolute atomic E-state index is 0.658. The monoisotopic (exact) mass is 270 g/mol. The minimum atomic E-state index is -0.658. The molecule has 0 aliphatic heterocycles. The van der Waals surface area contributed by atoms with E-state index in [-0.39, 0.29) is 0 Å². The molecule has 5 heteroatoms. The highest BCUT2D eigenvalue weighted by molar-refractivity contribution is 9.10. The molecular weight excluding hydrogens is 264 g/mol. The zero-order chi connectivity index (χ0) is 9.97. The zero-order valence-electron chi connectivity index (χ0n) is 7.09. The lowest BCUT2D eigenvalue weighted by atomic mass is 10.1. The van der Waals surface area contributed by atoms with Crippen molar-refractivity contribution >= 4 is 27.3 Å². The maximum absolute atomic E-state index is 9.90. The second-order valence-electron chi connectivity index (χ2n) is 2.69. The van der Waals surface area contributed by atoms with Crippen molar-refractivity contribution in [2.45, 2.75) is 6.10 Å². The van der Waals surface area contributed by atoms with Gasteiger partial charge in [-0.2, -0.15) is 0 Å². The Morgan fingerprint density at radius 1 is 1.36 bits per heavy atom. The summed E-state index contributed by atoms with van der Waals surface area (Å²) in [5.41, 5.74) is 0.807. The number of aliphatic hydroxyl groups is 1. The summed E-state index contributed by atoms with van der Waals surface area (Å²) < 4.78 is 0.755. The van der Waals surface area contributed by atoms with Crippen molar-refractivity contribution in [3.63, 3.8) is 0 Å². The number of thiazole rings is 1. The highest BCUT2D eigenvalue weighted by Gasteiger charge is 2.13. The average Bonchev–Trinajstić information content (AvgIpc) is 2.65. The number of halogens is 1. The van der Waals surface area contributed by atoms with Crippen LogP contribution < -0.4 is 0 Å². The van der Waals surface area contributed by atoms with Crippen LogP contribution >= 0.6 is 27.3 Å². The van der Waals surface area contributed by atoms with Gasteiger partial charge in [-0.3, -0.25) is 4.98 Å². The van der Waals surface area contributed by atoms with E-state index >= 15 is 0 Å². The van der Waals surface area contributed by atoms with E-state index in [9.17, 15) is 5.11 Å². The fraction of sp³-hybridized carbons (Fsp3) is 0.111. The molecule has 1 unspecified atom stereocenters. The van der Waals surface area contributed by atoms with Gasteiger partial charge in [0.05, 0.1) is 0 Å². The van der Waals surface area contributed by atoms with Crippen LogP contribution in [0.25, 0.3) is 0 Å². The van der Waals surface area contributed by atoms with Crippen LogP contribution in [0.5, 0.6) is 0 Å². The molecule has 14 heavy (non-hydrogen) atoms. The summed E-state index contributed by atoms with van der Waals surface area (Å²) in [6, 6.07) is 3.56. The van der Waals surface area contributed by atoms with Gasteiger partial charge in [-0.15, -0.1) is 11.3 Å². The van der Waals surface area contributed by atoms with Crippen LogP contribution in [0.1, 0.15) is 16.7 Å². The molecular formula is C9H7BrN2OS. The number of rotatable bonds is 2. The Bertz CT molecular complexity index is 418. The Morgan fingerprint density at radius 3 is 2.64 bits per heavy atom. The molecule has 0 spiro atoms. The van der Waals surface area contributed by atoms with Crippen molar-refractivity contribution in [2.75, 3.05) is 0 Å². The molecule has 72 valence electrons. The number of hydrogen-bond acceptors (Lipinski definition) is 4. The second-order valence-corrected chi connectivity index (χ2v) is 4.39. The third-order valence-electron chi connectivity index (χ3n) is 1.75. The van der Waals surface area contributed by atoms with Gasteiger partial charge in [-0.25, -0.2) is 4.98 Å². The molecule has 2 aromatic rings. The standard InChI is InChI=1S/C9H7BrN2OS/c10-7-5-14-9(12-7)8(13)6-1-3-11-4-2-6/h1-5,8,13H. The van der Waals surface area contributed by atoms with Gasteiger partial charge >= 0.3 is 0 Å². The van der Waals surface area contributed by atoms with E-state index in [1.165, 1.54) is 11.3 Å². The first-order valence-corrected chi connectivity index (χ1v) is 5.63. The smallest absolute Gasteiger partial charge is 0.131 e. The lowest BCUT2D eigenvalue weighted by Gasteiger charge is -2.05. The van der Waals surface area contributed by atoms with E-state index in [0.29, 0.717) is 5.01 Å². The minimum Gasteiger partial charge on any atom is -0.381 e. The van der Waals surface area contributed by atoms with E-state index in [4.69, 9.17) is 0 Å². The maximum atomic E-state index is 9.90. The Kier molecular flexibility index (Phi) is 2.90. The highest BCUT2D eigenvalue weighted by Crippen LogP contribution is 2.26. The Morgan fingerprint density at radius 2 is 2.07 bits per heavy atom. The molecule has 3 nitrogen and oxygen atoms in total. The molecule has 0 amide bonds. The largest absolute Gasteiger partial charge is 0.381 e. The molecule has 0 bridgehead atoms. The fourth-order valence-corrected chi connectivity index (χ4v) is 2.36. The summed E-state index contributed by atoms with van der Waals surface area (Å²) in [7, 11) is 0. The van der Waals surface area contributed by atoms with E-state index in [1.807, 2.05) is 5.38 Å². The van der Waals surface area contributed by atoms with E-state index in [1.54, 1.807) is 24.5 Å². The Balaban J connectivity index is 2.29. The fourth-order valence-electron chi connectivity index (χ4n) is 1.08. The summed E-state index contributed by atoms with van der Waals surface area (Å²) >= 11 is 4.67. The van der Waals surface area contributed by atoms with Gasteiger partial charge in [0.15, 0.2) is 0 Å². The van der Waals surface area contributed by atoms with Gasteiger partial charge in [0.1, 0.15) is 15.7 Å². The molecule has 2 aromatic heterocycles. The molecule has 0 fully saturated rings. The van der Waals surface area contributed by atoms with Crippen LogP contribution in [0.4, 0.5) is 0 Å². The van der Waals surface area contributed by atoms with Gasteiger partial charge in [-0.05, 0) is 33.6 Å². The van der Waals surface area contributed by atoms with E-state index < -0.39 is 6.10 Å². The normalized spacial score (nSPS) is 12.7. The summed E-state index contributed by atoms with van der Waals surface area (Å²) in [6.07, 6.45) is 2.65. The molecule has 2 heterocycles. The quantitative estimate of drug-likeness (QED) is 0.912. The summed E-state index contributed by atoms with van der Waals surface area (Å²) in [4.78, 5) is 8.04. The number of aromatic nitrogens is 2. The van der Waals surface area contributed by atoms with Crippen molar-refractivity contribution in [3.8, 4) is 0 Å². The second kappa shape index (κ2) is 4.16. The Hall–Kier alpha value is -0.780. The van der Waals surface area contributed by atoms with Crippen molar-refractivity contribution in [2.24, 2.45) is 0 Å². The summed E-state index contributed by atoms with van der Waals surface area (Å²) in [5, 5.41) is 12.4. The van der Waals surface area contributed by atoms with Crippen molar-refractivity contribution in [1.82, 2.24) is 9.97 Å². The summed E-state index contributed by atoms with van der Waals surface area (Å²) in [5.74, 6) is 0. The van der Waals surface area contributed by atoms with Crippen LogP contribution in [-0.4, -0.2) is 15.1 Å². The van der Waals surface area contributed by atoms with Crippen LogP contribution in [-0.2, 0) is 0 Å². The van der Waals surface area contributed by atoms with Crippen LogP contribution in [0.3, 0.4) is 0 Å². The van der Waals surface area contributed by atoms with Crippen LogP contribution in [0, 0.1) is 0 Å². The molecule has 1 atom stereocenters. The lowest BCUT2D eigenvalue weighted by Crippen LogP contribution is -1.98. The zero-order valence-corrected chi connectivity index (χ0v) is 9.49. The van der Waals surface area contributed by atoms with Crippen molar-refractivity contribution in [3.05, 3.63) is 45.1 Å². The van der Waals surface area contributed by atoms with Gasteiger partial charge < -0.3 is 5.11 Å². The van der Waals surface area contributed by atoms with Gasteiger partial charge in [0.2, 0.25) is 0 Å². The maximum Gasteiger partial charge on any atom is 0.131 e. The van der Waals surface area contributed by atoms with Crippen LogP contribution in [0.15, 0.2) is 34.5 Å². The number of aliphatic hydroxyl groups excluding tert-OH is 1. The molecule has 0 saturated carbocycles. The Labute approximate surface area is 93.6 Å². The molecule has 0 aliphatic carbocycles. The predicted molar refractivity (Wildman–Crippen MR) is 58.1 cm³/mol. The van der Waals surface area contributed by atoms with Crippen molar-refractivity contribution in [1.29, 1.82) is 0 Å². The molecule has 2 rings (SSSR count). The van der Waals surface area contributed by atoms with Crippen LogP contribution in [0.2, 0.25) is 0 Å². The SMILES string of the molecule is OC(c1ccncc1)c1nc(Br)cs1. The van der Waals surface area contributed by atoms with E-state index in [0.717, 1.165) is 10.2 Å². The van der Waals surface area contributed by atoms with Gasteiger partial charge in [0.25, 0.3) is 0 Å². The highest BCUT2D eigenvalue weighted by atomic mass is 79.9. The number of hydrogen-bond donors (Lipinski definition) is 1. The average molecular weight is 271 g/mol. The lowest BCUT2D eigenvalue weighted by molar-refractivity contribution is 0.219. The third kappa shape index (κ3) is 2.00. The van der Waals surface area contributed by atoms with E-state index in [2.05, 4.69) is 25.9 Å². The first kappa shape index (κ1) is 9.76. The topological polar surface area (TPSA) is 46.0 Å². The van der Waals surface area contributed by atoms with Crippen molar-refractivity contribution < 1.29 is 5.11 Å². The third-order valence-corrected chi connectivity index (χ3v) is 3.36. The summed E-state index contributed by atoms with van der Waals surface area (Å²) in [6.45, 7) is 0. The number of pyridine rings is 1. The molecule has 0 aliphatic rings. The number of nitrogens with zero attached hydrogens (tertiary/aromatic N) is 2. The molecule has 0 radical (unpaired) electrons. The van der Waals surface area contributed by atoms with Gasteiger partial charge in [0, 0.05) is 17.8 Å². The first-order chi connectivity index (χ1) is 6.77. The van der Waals surface area contributed by atoms with Gasteiger partial charge in [-0.1, -0.05) is 0 Å². The molecule has 0 saturated heterocycles. The first-order valence-electron chi connectivity index (χ1n) is 3.96. The molecule has 1 N–H and O–H groups in total.